The first-order valence-corrected chi connectivity index (χ1v) is 6.46. The van der Waals surface area contributed by atoms with E-state index < -0.39 is 11.1 Å². The molecular weight excluding hydrogens is 250 g/mol. The number of anilines is 1. The molecule has 0 heterocycles. The standard InChI is InChI=1S/C13H13NO3S/c1-10-4-2-6-12(8-10)17-14-11-5-3-7-13(9-11)18(15)16/h2-9,14H,1H3,(H,15,16). The van der Waals surface area contributed by atoms with Crippen LogP contribution in [0.25, 0.3) is 0 Å². The lowest BCUT2D eigenvalue weighted by molar-refractivity contribution is 0.404. The molecule has 0 saturated heterocycles. The topological polar surface area (TPSA) is 58.6 Å². The highest BCUT2D eigenvalue weighted by Gasteiger charge is 2.01. The van der Waals surface area contributed by atoms with Crippen LogP contribution in [0, 0.1) is 6.92 Å². The van der Waals surface area contributed by atoms with Gasteiger partial charge in [0.15, 0.2) is 16.8 Å². The summed E-state index contributed by atoms with van der Waals surface area (Å²) < 4.78 is 19.9. The Morgan fingerprint density at radius 2 is 1.94 bits per heavy atom. The van der Waals surface area contributed by atoms with E-state index in [0.29, 0.717) is 16.3 Å². The van der Waals surface area contributed by atoms with E-state index in [1.54, 1.807) is 24.3 Å². The zero-order chi connectivity index (χ0) is 13.0. The van der Waals surface area contributed by atoms with E-state index in [1.807, 2.05) is 31.2 Å². The van der Waals surface area contributed by atoms with Crippen molar-refractivity contribution in [3.63, 3.8) is 0 Å². The average Bonchev–Trinajstić information content (AvgIpc) is 2.37. The first-order chi connectivity index (χ1) is 8.65. The van der Waals surface area contributed by atoms with Crippen LogP contribution in [0.5, 0.6) is 5.75 Å². The van der Waals surface area contributed by atoms with Crippen LogP contribution < -0.4 is 10.3 Å². The fourth-order valence-corrected chi connectivity index (χ4v) is 1.89. The maximum atomic E-state index is 10.9. The van der Waals surface area contributed by atoms with Crippen molar-refractivity contribution in [2.45, 2.75) is 11.8 Å². The number of nitrogens with one attached hydrogen (secondary N) is 1. The third-order valence-corrected chi connectivity index (χ3v) is 2.97. The molecule has 0 aliphatic carbocycles. The second-order valence-corrected chi connectivity index (χ2v) is 4.77. The molecule has 5 heteroatoms. The van der Waals surface area contributed by atoms with Crippen molar-refractivity contribution < 1.29 is 13.6 Å². The summed E-state index contributed by atoms with van der Waals surface area (Å²) in [6.07, 6.45) is 0. The lowest BCUT2D eigenvalue weighted by atomic mass is 10.2. The Morgan fingerprint density at radius 1 is 1.17 bits per heavy atom. The Labute approximate surface area is 108 Å². The number of rotatable bonds is 4. The lowest BCUT2D eigenvalue weighted by Crippen LogP contribution is -2.05. The van der Waals surface area contributed by atoms with Gasteiger partial charge >= 0.3 is 0 Å². The van der Waals surface area contributed by atoms with E-state index in [9.17, 15) is 4.21 Å². The molecule has 18 heavy (non-hydrogen) atoms. The summed E-state index contributed by atoms with van der Waals surface area (Å²) in [7, 11) is 0. The van der Waals surface area contributed by atoms with Gasteiger partial charge in [0.05, 0.1) is 10.6 Å². The Balaban J connectivity index is 2.06. The smallest absolute Gasteiger partial charge is 0.186 e. The highest BCUT2D eigenvalue weighted by atomic mass is 32.2. The minimum atomic E-state index is -1.99. The van der Waals surface area contributed by atoms with Gasteiger partial charge < -0.3 is 9.39 Å². The van der Waals surface area contributed by atoms with Gasteiger partial charge in [0.2, 0.25) is 0 Å². The lowest BCUT2D eigenvalue weighted by Gasteiger charge is -2.09. The first kappa shape index (κ1) is 12.6. The third-order valence-electron chi connectivity index (χ3n) is 2.31. The summed E-state index contributed by atoms with van der Waals surface area (Å²) in [5.74, 6) is 0.686. The monoisotopic (exact) mass is 263 g/mol. The fraction of sp³-hybridized carbons (Fsp3) is 0.0769. The minimum Gasteiger partial charge on any atom is -0.382 e. The van der Waals surface area contributed by atoms with Crippen molar-refractivity contribution in [3.05, 3.63) is 54.1 Å². The SMILES string of the molecule is Cc1cccc(ONc2cccc(S(=O)O)c2)c1. The quantitative estimate of drug-likeness (QED) is 0.657. The number of benzene rings is 2. The van der Waals surface area contributed by atoms with Crippen molar-refractivity contribution in [3.8, 4) is 5.75 Å². The summed E-state index contributed by atoms with van der Waals surface area (Å²) in [4.78, 5) is 5.70. The first-order valence-electron chi connectivity index (χ1n) is 5.35. The predicted octanol–water partition coefficient (Wildman–Crippen LogP) is 2.98. The molecule has 94 valence electrons. The molecule has 0 aromatic heterocycles. The normalized spacial score (nSPS) is 11.9. The Kier molecular flexibility index (Phi) is 3.96. The van der Waals surface area contributed by atoms with Gasteiger partial charge in [0, 0.05) is 0 Å². The van der Waals surface area contributed by atoms with Gasteiger partial charge in [-0.3, -0.25) is 0 Å². The fourth-order valence-electron chi connectivity index (χ4n) is 1.46. The molecule has 0 radical (unpaired) electrons. The molecule has 0 fully saturated rings. The van der Waals surface area contributed by atoms with Crippen LogP contribution in [0.1, 0.15) is 5.56 Å². The molecule has 2 aromatic carbocycles. The molecule has 2 N–H and O–H groups in total. The molecule has 2 aromatic rings. The van der Waals surface area contributed by atoms with E-state index in [0.717, 1.165) is 5.56 Å². The minimum absolute atomic E-state index is 0.327. The summed E-state index contributed by atoms with van der Waals surface area (Å²) >= 11 is -1.99. The summed E-state index contributed by atoms with van der Waals surface area (Å²) in [5, 5.41) is 0. The van der Waals surface area contributed by atoms with Crippen LogP contribution in [0.4, 0.5) is 5.69 Å². The van der Waals surface area contributed by atoms with E-state index in [-0.39, 0.29) is 0 Å². The van der Waals surface area contributed by atoms with E-state index in [4.69, 9.17) is 9.39 Å². The molecule has 1 atom stereocenters. The summed E-state index contributed by atoms with van der Waals surface area (Å²) in [6, 6.07) is 14.2. The van der Waals surface area contributed by atoms with E-state index in [1.165, 1.54) is 0 Å². The molecule has 0 aliphatic rings. The van der Waals surface area contributed by atoms with Gasteiger partial charge in [-0.1, -0.05) is 18.2 Å². The molecule has 0 bridgehead atoms. The van der Waals surface area contributed by atoms with Crippen LogP contribution in [-0.2, 0) is 11.1 Å². The second-order valence-electron chi connectivity index (χ2n) is 3.80. The van der Waals surface area contributed by atoms with E-state index >= 15 is 0 Å². The van der Waals surface area contributed by atoms with Gasteiger partial charge in [0.25, 0.3) is 0 Å². The van der Waals surface area contributed by atoms with Crippen LogP contribution >= 0.6 is 0 Å². The number of hydrogen-bond donors (Lipinski definition) is 2. The van der Waals surface area contributed by atoms with Crippen LogP contribution in [0.2, 0.25) is 0 Å². The molecular formula is C13H13NO3S. The molecule has 0 aliphatic heterocycles. The van der Waals surface area contributed by atoms with Gasteiger partial charge in [-0.2, -0.15) is 0 Å². The zero-order valence-electron chi connectivity index (χ0n) is 9.79. The average molecular weight is 263 g/mol. The highest BCUT2D eigenvalue weighted by Crippen LogP contribution is 2.16. The van der Waals surface area contributed by atoms with Gasteiger partial charge in [-0.05, 0) is 42.8 Å². The number of hydrogen-bond acceptors (Lipinski definition) is 3. The zero-order valence-corrected chi connectivity index (χ0v) is 10.6. The van der Waals surface area contributed by atoms with Crippen molar-refractivity contribution >= 4 is 16.8 Å². The second kappa shape index (κ2) is 5.66. The molecule has 1 unspecified atom stereocenters. The molecule has 0 spiro atoms. The summed E-state index contributed by atoms with van der Waals surface area (Å²) in [6.45, 7) is 1.97. The van der Waals surface area contributed by atoms with Crippen molar-refractivity contribution in [2.75, 3.05) is 5.48 Å². The Hall–Kier alpha value is -1.85. The number of aryl methyl sites for hydroxylation is 1. The maximum Gasteiger partial charge on any atom is 0.186 e. The Morgan fingerprint density at radius 3 is 2.67 bits per heavy atom. The van der Waals surface area contributed by atoms with Crippen molar-refractivity contribution in [2.24, 2.45) is 0 Å². The maximum absolute atomic E-state index is 10.9. The van der Waals surface area contributed by atoms with Gasteiger partial charge in [-0.25, -0.2) is 9.69 Å². The summed E-state index contributed by atoms with van der Waals surface area (Å²) in [5.41, 5.74) is 4.46. The highest BCUT2D eigenvalue weighted by molar-refractivity contribution is 7.79. The van der Waals surface area contributed by atoms with Crippen molar-refractivity contribution in [1.29, 1.82) is 0 Å². The molecule has 4 nitrogen and oxygen atoms in total. The van der Waals surface area contributed by atoms with E-state index in [2.05, 4.69) is 5.48 Å². The third kappa shape index (κ3) is 3.32. The van der Waals surface area contributed by atoms with Gasteiger partial charge in [0.1, 0.15) is 0 Å². The predicted molar refractivity (Wildman–Crippen MR) is 70.9 cm³/mol. The molecule has 0 amide bonds. The van der Waals surface area contributed by atoms with Crippen molar-refractivity contribution in [1.82, 2.24) is 0 Å². The van der Waals surface area contributed by atoms with Gasteiger partial charge in [-0.15, -0.1) is 0 Å². The molecule has 2 rings (SSSR count). The van der Waals surface area contributed by atoms with Crippen LogP contribution in [-0.4, -0.2) is 8.76 Å². The molecule has 0 saturated carbocycles. The van der Waals surface area contributed by atoms with Crippen LogP contribution in [0.3, 0.4) is 0 Å². The van der Waals surface area contributed by atoms with Crippen LogP contribution in [0.15, 0.2) is 53.4 Å². The Bertz CT molecular complexity index is 572. The largest absolute Gasteiger partial charge is 0.382 e.